The Morgan fingerprint density at radius 3 is 2.67 bits per heavy atom. The summed E-state index contributed by atoms with van der Waals surface area (Å²) in [7, 11) is 0. The molecule has 1 spiro atoms. The maximum atomic E-state index is 12.8. The Labute approximate surface area is 177 Å². The fourth-order valence-corrected chi connectivity index (χ4v) is 5.67. The normalized spacial score (nSPS) is 31.3. The number of rotatable bonds is 4. The molecule has 160 valence electrons. The molecule has 1 saturated carbocycles. The van der Waals surface area contributed by atoms with Gasteiger partial charge in [0.2, 0.25) is 11.8 Å². The number of amides is 3. The van der Waals surface area contributed by atoms with E-state index in [9.17, 15) is 14.4 Å². The lowest BCUT2D eigenvalue weighted by Gasteiger charge is -2.38. The van der Waals surface area contributed by atoms with E-state index in [4.69, 9.17) is 0 Å². The summed E-state index contributed by atoms with van der Waals surface area (Å²) in [4.78, 5) is 38.0. The highest BCUT2D eigenvalue weighted by atomic mass is 16.2. The number of hydrogen-bond donors (Lipinski definition) is 3. The second kappa shape index (κ2) is 7.78. The number of nitrogens with one attached hydrogen (secondary N) is 3. The van der Waals surface area contributed by atoms with Gasteiger partial charge in [-0.3, -0.25) is 19.7 Å². The van der Waals surface area contributed by atoms with Crippen molar-refractivity contribution >= 4 is 17.7 Å². The maximum absolute atomic E-state index is 12.8. The van der Waals surface area contributed by atoms with Gasteiger partial charge >= 0.3 is 0 Å². The highest BCUT2D eigenvalue weighted by Crippen LogP contribution is 2.35. The van der Waals surface area contributed by atoms with Gasteiger partial charge in [-0.05, 0) is 68.7 Å². The molecule has 1 aromatic rings. The average molecular weight is 411 g/mol. The summed E-state index contributed by atoms with van der Waals surface area (Å²) >= 11 is 0. The highest BCUT2D eigenvalue weighted by molar-refractivity contribution is 6.05. The van der Waals surface area contributed by atoms with E-state index in [1.165, 1.54) is 50.6 Å². The van der Waals surface area contributed by atoms with Crippen molar-refractivity contribution in [1.82, 2.24) is 20.9 Å². The van der Waals surface area contributed by atoms with Crippen LogP contribution in [0, 0.1) is 0 Å². The van der Waals surface area contributed by atoms with E-state index in [-0.39, 0.29) is 24.1 Å². The smallest absolute Gasteiger partial charge is 0.255 e. The predicted molar refractivity (Wildman–Crippen MR) is 112 cm³/mol. The Hall–Kier alpha value is -2.25. The molecule has 7 nitrogen and oxygen atoms in total. The zero-order valence-electron chi connectivity index (χ0n) is 17.3. The summed E-state index contributed by atoms with van der Waals surface area (Å²) in [5.41, 5.74) is 3.23. The van der Waals surface area contributed by atoms with Crippen LogP contribution in [0.3, 0.4) is 0 Å². The maximum Gasteiger partial charge on any atom is 0.255 e. The summed E-state index contributed by atoms with van der Waals surface area (Å²) in [6.07, 6.45) is 8.23. The third-order valence-corrected chi connectivity index (χ3v) is 7.46. The van der Waals surface area contributed by atoms with Crippen molar-refractivity contribution in [1.29, 1.82) is 0 Å². The van der Waals surface area contributed by atoms with E-state index in [2.05, 4.69) is 22.0 Å². The Balaban J connectivity index is 1.19. The topological polar surface area (TPSA) is 90.5 Å². The zero-order chi connectivity index (χ0) is 20.7. The molecule has 3 heterocycles. The van der Waals surface area contributed by atoms with Crippen LogP contribution >= 0.6 is 0 Å². The van der Waals surface area contributed by atoms with Crippen LogP contribution in [0.25, 0.3) is 0 Å². The summed E-state index contributed by atoms with van der Waals surface area (Å²) < 4.78 is 0. The highest BCUT2D eigenvalue weighted by Gasteiger charge is 2.39. The van der Waals surface area contributed by atoms with Crippen LogP contribution < -0.4 is 16.0 Å². The summed E-state index contributed by atoms with van der Waals surface area (Å²) in [6, 6.07) is 5.99. The zero-order valence-corrected chi connectivity index (χ0v) is 17.3. The summed E-state index contributed by atoms with van der Waals surface area (Å²) in [5, 5.41) is 9.78. The second-order valence-electron chi connectivity index (χ2n) is 9.36. The number of piperidine rings is 1. The van der Waals surface area contributed by atoms with E-state index in [0.717, 1.165) is 12.1 Å². The van der Waals surface area contributed by atoms with Crippen LogP contribution in [0.5, 0.6) is 0 Å². The van der Waals surface area contributed by atoms with Gasteiger partial charge in [0.25, 0.3) is 5.91 Å². The van der Waals surface area contributed by atoms with E-state index < -0.39 is 6.04 Å². The van der Waals surface area contributed by atoms with Gasteiger partial charge in [0.1, 0.15) is 6.04 Å². The molecule has 30 heavy (non-hydrogen) atoms. The molecule has 0 aromatic heterocycles. The fourth-order valence-electron chi connectivity index (χ4n) is 5.67. The third-order valence-electron chi connectivity index (χ3n) is 7.46. The Bertz CT molecular complexity index is 867. The van der Waals surface area contributed by atoms with Crippen molar-refractivity contribution in [2.24, 2.45) is 0 Å². The van der Waals surface area contributed by atoms with E-state index >= 15 is 0 Å². The molecule has 0 bridgehead atoms. The van der Waals surface area contributed by atoms with Gasteiger partial charge in [0.05, 0.1) is 0 Å². The molecule has 2 saturated heterocycles. The van der Waals surface area contributed by atoms with Crippen molar-refractivity contribution in [2.75, 3.05) is 6.54 Å². The minimum absolute atomic E-state index is 0.111. The van der Waals surface area contributed by atoms with Crippen LogP contribution in [0.15, 0.2) is 18.2 Å². The van der Waals surface area contributed by atoms with Crippen LogP contribution in [0.4, 0.5) is 0 Å². The van der Waals surface area contributed by atoms with E-state index in [1.54, 1.807) is 4.90 Å². The van der Waals surface area contributed by atoms with Crippen LogP contribution in [0.2, 0.25) is 0 Å². The molecule has 3 aliphatic heterocycles. The van der Waals surface area contributed by atoms with Crippen LogP contribution in [-0.4, -0.2) is 46.8 Å². The van der Waals surface area contributed by atoms with Crippen LogP contribution in [0.1, 0.15) is 72.9 Å². The lowest BCUT2D eigenvalue weighted by molar-refractivity contribution is -0.136. The molecular weight excluding hydrogens is 380 g/mol. The van der Waals surface area contributed by atoms with Crippen molar-refractivity contribution in [3.63, 3.8) is 0 Å². The largest absolute Gasteiger partial charge is 0.322 e. The molecule has 4 aliphatic rings. The Morgan fingerprint density at radius 2 is 1.93 bits per heavy atom. The molecule has 1 aliphatic carbocycles. The number of carbonyl (C=O) groups is 3. The summed E-state index contributed by atoms with van der Waals surface area (Å²) in [5.74, 6) is -0.729. The minimum atomic E-state index is -0.553. The molecule has 5 rings (SSSR count). The van der Waals surface area contributed by atoms with E-state index in [1.807, 2.05) is 12.1 Å². The number of fused-ring (bicyclic) bond motifs is 1. The fraction of sp³-hybridized carbons (Fsp3) is 0.609. The quantitative estimate of drug-likeness (QED) is 0.656. The van der Waals surface area contributed by atoms with Gasteiger partial charge < -0.3 is 15.5 Å². The van der Waals surface area contributed by atoms with Gasteiger partial charge in [0, 0.05) is 36.7 Å². The van der Waals surface area contributed by atoms with Gasteiger partial charge in [-0.2, -0.15) is 0 Å². The average Bonchev–Trinajstić information content (AvgIpc) is 3.32. The van der Waals surface area contributed by atoms with E-state index in [0.29, 0.717) is 30.1 Å². The first-order chi connectivity index (χ1) is 14.5. The lowest BCUT2D eigenvalue weighted by Crippen LogP contribution is -2.52. The monoisotopic (exact) mass is 410 g/mol. The number of nitrogens with zero attached hydrogens (tertiary/aromatic N) is 1. The predicted octanol–water partition coefficient (Wildman–Crippen LogP) is 1.60. The number of hydrogen-bond acceptors (Lipinski definition) is 5. The Morgan fingerprint density at radius 1 is 1.10 bits per heavy atom. The molecular formula is C23H30N4O3. The molecule has 1 aromatic carbocycles. The SMILES string of the molecule is O=C1CCC(N2Cc3cc(CNC4CCC5(CCCN5)CC4)ccc3C2=O)C(=O)N1. The van der Waals surface area contributed by atoms with Gasteiger partial charge in [-0.25, -0.2) is 0 Å². The van der Waals surface area contributed by atoms with Crippen molar-refractivity contribution in [2.45, 2.75) is 82.1 Å². The van der Waals surface area contributed by atoms with Gasteiger partial charge in [0.15, 0.2) is 0 Å². The first-order valence-corrected chi connectivity index (χ1v) is 11.3. The molecule has 3 N–H and O–H groups in total. The number of carbonyl (C=O) groups excluding carboxylic acids is 3. The first kappa shape index (κ1) is 19.7. The lowest BCUT2D eigenvalue weighted by atomic mass is 9.78. The molecule has 0 radical (unpaired) electrons. The van der Waals surface area contributed by atoms with Crippen molar-refractivity contribution in [3.05, 3.63) is 34.9 Å². The molecule has 1 atom stereocenters. The number of benzene rings is 1. The molecule has 3 amide bonds. The van der Waals surface area contributed by atoms with Crippen molar-refractivity contribution < 1.29 is 14.4 Å². The van der Waals surface area contributed by atoms with Crippen LogP contribution in [-0.2, 0) is 22.7 Å². The van der Waals surface area contributed by atoms with Gasteiger partial charge in [-0.1, -0.05) is 12.1 Å². The molecule has 7 heteroatoms. The van der Waals surface area contributed by atoms with Gasteiger partial charge in [-0.15, -0.1) is 0 Å². The first-order valence-electron chi connectivity index (χ1n) is 11.3. The third kappa shape index (κ3) is 3.65. The Kier molecular flexibility index (Phi) is 5.11. The minimum Gasteiger partial charge on any atom is -0.322 e. The number of imide groups is 1. The summed E-state index contributed by atoms with van der Waals surface area (Å²) in [6.45, 7) is 2.40. The standard InChI is InChI=1S/C23H30N4O3/c28-20-5-4-19(21(29)26-20)27-14-16-12-15(2-3-18(16)22(27)30)13-24-17-6-9-23(10-7-17)8-1-11-25-23/h2-3,12,17,19,24-25H,1,4-11,13-14H2,(H,26,28,29). The molecule has 1 unspecified atom stereocenters. The van der Waals surface area contributed by atoms with Crippen molar-refractivity contribution in [3.8, 4) is 0 Å². The second-order valence-corrected chi connectivity index (χ2v) is 9.36. The molecule has 3 fully saturated rings.